The molecule has 1 amide bonds. The largest absolute Gasteiger partial charge is 0.348 e. The second-order valence-electron chi connectivity index (χ2n) is 6.16. The van der Waals surface area contributed by atoms with E-state index >= 15 is 0 Å². The Morgan fingerprint density at radius 2 is 1.74 bits per heavy atom. The number of amides is 1. The zero-order valence-corrected chi connectivity index (χ0v) is 16.7. The molecule has 0 atom stereocenters. The molecule has 5 nitrogen and oxygen atoms in total. The number of benzene rings is 2. The molecule has 2 aromatic carbocycles. The predicted octanol–water partition coefficient (Wildman–Crippen LogP) is 3.60. The van der Waals surface area contributed by atoms with Crippen molar-refractivity contribution >= 4 is 27.3 Å². The first-order valence-electron chi connectivity index (χ1n) is 8.31. The van der Waals surface area contributed by atoms with Crippen LogP contribution in [-0.4, -0.2) is 32.7 Å². The van der Waals surface area contributed by atoms with Gasteiger partial charge in [-0.25, -0.2) is 12.7 Å². The lowest BCUT2D eigenvalue weighted by molar-refractivity contribution is 0.0951. The SMILES string of the molecule is CN(C)S(=O)(=O)c1ccc(C(=O)NCc2ccccc2-c2ccsc2)cc1. The van der Waals surface area contributed by atoms with Gasteiger partial charge in [-0.15, -0.1) is 0 Å². The van der Waals surface area contributed by atoms with Crippen molar-refractivity contribution in [2.24, 2.45) is 0 Å². The van der Waals surface area contributed by atoms with E-state index in [9.17, 15) is 13.2 Å². The molecule has 3 rings (SSSR count). The van der Waals surface area contributed by atoms with Crippen LogP contribution >= 0.6 is 11.3 Å². The zero-order chi connectivity index (χ0) is 19.4. The monoisotopic (exact) mass is 400 g/mol. The van der Waals surface area contributed by atoms with E-state index < -0.39 is 10.0 Å². The maximum atomic E-state index is 12.4. The van der Waals surface area contributed by atoms with Crippen molar-refractivity contribution in [3.63, 3.8) is 0 Å². The Kier molecular flexibility index (Phi) is 5.74. The number of carbonyl (C=O) groups is 1. The summed E-state index contributed by atoms with van der Waals surface area (Å²) in [6.45, 7) is 0.391. The normalized spacial score (nSPS) is 11.5. The molecule has 0 bridgehead atoms. The van der Waals surface area contributed by atoms with Crippen molar-refractivity contribution in [1.82, 2.24) is 9.62 Å². The summed E-state index contributed by atoms with van der Waals surface area (Å²) in [6.07, 6.45) is 0. The second kappa shape index (κ2) is 8.04. The van der Waals surface area contributed by atoms with Gasteiger partial charge in [0.05, 0.1) is 4.90 Å². The molecule has 0 aliphatic rings. The van der Waals surface area contributed by atoms with Gasteiger partial charge in [-0.3, -0.25) is 4.79 Å². The Labute approximate surface area is 163 Å². The molecular weight excluding hydrogens is 380 g/mol. The summed E-state index contributed by atoms with van der Waals surface area (Å²) in [5.74, 6) is -0.246. The van der Waals surface area contributed by atoms with Crippen molar-refractivity contribution in [3.05, 3.63) is 76.5 Å². The second-order valence-corrected chi connectivity index (χ2v) is 9.10. The molecule has 7 heteroatoms. The van der Waals surface area contributed by atoms with Crippen LogP contribution in [0.25, 0.3) is 11.1 Å². The summed E-state index contributed by atoms with van der Waals surface area (Å²) >= 11 is 1.63. The Morgan fingerprint density at radius 1 is 1.04 bits per heavy atom. The summed E-state index contributed by atoms with van der Waals surface area (Å²) in [6, 6.07) is 15.9. The first-order chi connectivity index (χ1) is 12.9. The standard InChI is InChI=1S/C20H20N2O3S2/c1-22(2)27(24,25)18-9-7-15(8-10-18)20(23)21-13-16-5-3-4-6-19(16)17-11-12-26-14-17/h3-12,14H,13H2,1-2H3,(H,21,23). The lowest BCUT2D eigenvalue weighted by atomic mass is 10.0. The molecule has 0 unspecified atom stereocenters. The van der Waals surface area contributed by atoms with Crippen LogP contribution in [0.4, 0.5) is 0 Å². The molecule has 1 heterocycles. The highest BCUT2D eigenvalue weighted by Gasteiger charge is 2.17. The lowest BCUT2D eigenvalue weighted by Gasteiger charge is -2.12. The lowest BCUT2D eigenvalue weighted by Crippen LogP contribution is -2.24. The van der Waals surface area contributed by atoms with E-state index in [1.54, 1.807) is 11.3 Å². The fourth-order valence-corrected chi connectivity index (χ4v) is 4.20. The average Bonchev–Trinajstić information content (AvgIpc) is 3.21. The molecule has 3 aromatic rings. The van der Waals surface area contributed by atoms with Crippen molar-refractivity contribution < 1.29 is 13.2 Å². The number of carbonyl (C=O) groups excluding carboxylic acids is 1. The van der Waals surface area contributed by atoms with Crippen LogP contribution < -0.4 is 5.32 Å². The van der Waals surface area contributed by atoms with Crippen molar-refractivity contribution in [2.75, 3.05) is 14.1 Å². The topological polar surface area (TPSA) is 66.5 Å². The minimum atomic E-state index is -3.50. The number of hydrogen-bond acceptors (Lipinski definition) is 4. The first kappa shape index (κ1) is 19.3. The minimum absolute atomic E-state index is 0.159. The molecule has 0 saturated carbocycles. The van der Waals surface area contributed by atoms with Crippen LogP contribution in [0.15, 0.2) is 70.3 Å². The molecule has 1 aromatic heterocycles. The Morgan fingerprint density at radius 3 is 2.37 bits per heavy atom. The van der Waals surface area contributed by atoms with Crippen LogP contribution in [-0.2, 0) is 16.6 Å². The maximum absolute atomic E-state index is 12.4. The van der Waals surface area contributed by atoms with Gasteiger partial charge in [0.1, 0.15) is 0 Å². The van der Waals surface area contributed by atoms with Gasteiger partial charge in [0.2, 0.25) is 10.0 Å². The third-order valence-electron chi connectivity index (χ3n) is 4.18. The number of nitrogens with zero attached hydrogens (tertiary/aromatic N) is 1. The molecule has 0 spiro atoms. The third kappa shape index (κ3) is 4.27. The zero-order valence-electron chi connectivity index (χ0n) is 15.0. The highest BCUT2D eigenvalue weighted by Crippen LogP contribution is 2.25. The molecule has 140 valence electrons. The minimum Gasteiger partial charge on any atom is -0.348 e. The molecule has 0 aliphatic heterocycles. The van der Waals surface area contributed by atoms with Crippen LogP contribution in [0, 0.1) is 0 Å². The molecule has 0 fully saturated rings. The van der Waals surface area contributed by atoms with E-state index in [4.69, 9.17) is 0 Å². The van der Waals surface area contributed by atoms with Crippen LogP contribution in [0.5, 0.6) is 0 Å². The van der Waals surface area contributed by atoms with Crippen LogP contribution in [0.2, 0.25) is 0 Å². The van der Waals surface area contributed by atoms with Gasteiger partial charge in [0.25, 0.3) is 5.91 Å². The molecule has 0 aliphatic carbocycles. The summed E-state index contributed by atoms with van der Waals surface area (Å²) < 4.78 is 25.3. The van der Waals surface area contributed by atoms with Gasteiger partial charge in [-0.1, -0.05) is 24.3 Å². The summed E-state index contributed by atoms with van der Waals surface area (Å²) in [4.78, 5) is 12.6. The number of thiophene rings is 1. The molecule has 1 N–H and O–H groups in total. The van der Waals surface area contributed by atoms with E-state index in [-0.39, 0.29) is 10.8 Å². The van der Waals surface area contributed by atoms with Crippen molar-refractivity contribution in [1.29, 1.82) is 0 Å². The first-order valence-corrected chi connectivity index (χ1v) is 10.7. The highest BCUT2D eigenvalue weighted by atomic mass is 32.2. The number of nitrogens with one attached hydrogen (secondary N) is 1. The fraction of sp³-hybridized carbons (Fsp3) is 0.150. The Balaban J connectivity index is 1.72. The van der Waals surface area contributed by atoms with Crippen LogP contribution in [0.3, 0.4) is 0 Å². The Bertz CT molecular complexity index is 1030. The van der Waals surface area contributed by atoms with E-state index in [0.717, 1.165) is 21.0 Å². The van der Waals surface area contributed by atoms with E-state index in [1.807, 2.05) is 29.6 Å². The van der Waals surface area contributed by atoms with Gasteiger partial charge >= 0.3 is 0 Å². The van der Waals surface area contributed by atoms with Gasteiger partial charge in [-0.05, 0) is 57.8 Å². The predicted molar refractivity (Wildman–Crippen MR) is 108 cm³/mol. The van der Waals surface area contributed by atoms with Gasteiger partial charge < -0.3 is 5.32 Å². The summed E-state index contributed by atoms with van der Waals surface area (Å²) in [7, 11) is -0.557. The van der Waals surface area contributed by atoms with E-state index in [2.05, 4.69) is 16.8 Å². The molecule has 27 heavy (non-hydrogen) atoms. The van der Waals surface area contributed by atoms with Crippen LogP contribution in [0.1, 0.15) is 15.9 Å². The smallest absolute Gasteiger partial charge is 0.251 e. The quantitative estimate of drug-likeness (QED) is 0.688. The van der Waals surface area contributed by atoms with Gasteiger partial charge in [0.15, 0.2) is 0 Å². The third-order valence-corrected chi connectivity index (χ3v) is 6.70. The van der Waals surface area contributed by atoms with Crippen molar-refractivity contribution in [3.8, 4) is 11.1 Å². The highest BCUT2D eigenvalue weighted by molar-refractivity contribution is 7.89. The van der Waals surface area contributed by atoms with Gasteiger partial charge in [-0.2, -0.15) is 11.3 Å². The Hall–Kier alpha value is -2.48. The van der Waals surface area contributed by atoms with Gasteiger partial charge in [0, 0.05) is 26.2 Å². The molecular formula is C20H20N2O3S2. The van der Waals surface area contributed by atoms with Crippen molar-refractivity contribution in [2.45, 2.75) is 11.4 Å². The summed E-state index contributed by atoms with van der Waals surface area (Å²) in [5.41, 5.74) is 3.66. The molecule has 0 saturated heterocycles. The number of rotatable bonds is 6. The van der Waals surface area contributed by atoms with E-state index in [0.29, 0.717) is 12.1 Å². The number of hydrogen-bond donors (Lipinski definition) is 1. The summed E-state index contributed by atoms with van der Waals surface area (Å²) in [5, 5.41) is 7.00. The van der Waals surface area contributed by atoms with E-state index in [1.165, 1.54) is 38.4 Å². The average molecular weight is 401 g/mol. The number of sulfonamides is 1. The molecule has 0 radical (unpaired) electrons. The fourth-order valence-electron chi connectivity index (χ4n) is 2.64. The maximum Gasteiger partial charge on any atom is 0.251 e.